The summed E-state index contributed by atoms with van der Waals surface area (Å²) >= 11 is 0. The lowest BCUT2D eigenvalue weighted by Gasteiger charge is -2.36. The van der Waals surface area contributed by atoms with Crippen molar-refractivity contribution in [3.8, 4) is 0 Å². The van der Waals surface area contributed by atoms with E-state index < -0.39 is 12.1 Å². The molecule has 1 aromatic rings. The highest BCUT2D eigenvalue weighted by Crippen LogP contribution is 2.17. The summed E-state index contributed by atoms with van der Waals surface area (Å²) < 4.78 is 5.35. The van der Waals surface area contributed by atoms with Crippen molar-refractivity contribution in [2.24, 2.45) is 5.92 Å². The van der Waals surface area contributed by atoms with Crippen LogP contribution in [0.4, 0.5) is 0 Å². The van der Waals surface area contributed by atoms with E-state index in [1.54, 1.807) is 11.8 Å². The van der Waals surface area contributed by atoms with Gasteiger partial charge < -0.3 is 14.7 Å². The zero-order valence-corrected chi connectivity index (χ0v) is 13.3. The largest absolute Gasteiger partial charge is 0.479 e. The van der Waals surface area contributed by atoms with Crippen molar-refractivity contribution in [3.05, 3.63) is 35.4 Å². The number of hydrogen-bond donors (Lipinski definition) is 1. The molecule has 0 aliphatic carbocycles. The van der Waals surface area contributed by atoms with E-state index in [0.717, 1.165) is 5.56 Å². The van der Waals surface area contributed by atoms with Crippen LogP contribution in [0.1, 0.15) is 25.0 Å². The average molecular weight is 305 g/mol. The molecule has 1 aromatic carbocycles. The summed E-state index contributed by atoms with van der Waals surface area (Å²) in [7, 11) is 0. The maximum atomic E-state index is 12.6. The third kappa shape index (κ3) is 4.07. The fraction of sp³-hybridized carbons (Fsp3) is 0.529. The van der Waals surface area contributed by atoms with Crippen LogP contribution in [0, 0.1) is 12.8 Å². The molecule has 1 heterocycles. The molecule has 2 unspecified atom stereocenters. The van der Waals surface area contributed by atoms with Crippen molar-refractivity contribution in [1.29, 1.82) is 0 Å². The van der Waals surface area contributed by atoms with Crippen molar-refractivity contribution in [1.82, 2.24) is 4.90 Å². The number of carboxylic acid groups (broad SMARTS) is 1. The number of hydrogen-bond acceptors (Lipinski definition) is 3. The van der Waals surface area contributed by atoms with Gasteiger partial charge in [0.2, 0.25) is 5.91 Å². The summed E-state index contributed by atoms with van der Waals surface area (Å²) in [4.78, 5) is 25.3. The first-order chi connectivity index (χ1) is 10.4. The lowest BCUT2D eigenvalue weighted by molar-refractivity contribution is -0.167. The Hall–Kier alpha value is -1.88. The van der Waals surface area contributed by atoms with Crippen molar-refractivity contribution in [3.63, 3.8) is 0 Å². The Morgan fingerprint density at radius 3 is 2.55 bits per heavy atom. The van der Waals surface area contributed by atoms with E-state index in [9.17, 15) is 9.59 Å². The molecule has 5 heteroatoms. The number of carboxylic acids is 1. The van der Waals surface area contributed by atoms with E-state index >= 15 is 0 Å². The average Bonchev–Trinajstić information content (AvgIpc) is 2.48. The predicted octanol–water partition coefficient (Wildman–Crippen LogP) is 1.87. The van der Waals surface area contributed by atoms with Gasteiger partial charge in [-0.25, -0.2) is 4.79 Å². The molecule has 22 heavy (non-hydrogen) atoms. The SMILES string of the molecule is Cc1ccc(CC(C)C(=O)N2CC(C(=O)O)O[C@H](C)C2)cc1. The summed E-state index contributed by atoms with van der Waals surface area (Å²) in [6, 6.07) is 8.12. The Labute approximate surface area is 130 Å². The van der Waals surface area contributed by atoms with Gasteiger partial charge in [0.25, 0.3) is 0 Å². The van der Waals surface area contributed by atoms with Gasteiger partial charge >= 0.3 is 5.97 Å². The number of rotatable bonds is 4. The minimum absolute atomic E-state index is 0.0121. The molecule has 0 saturated carbocycles. The number of carbonyl (C=O) groups excluding carboxylic acids is 1. The predicted molar refractivity (Wildman–Crippen MR) is 82.6 cm³/mol. The molecular formula is C17H23NO4. The van der Waals surface area contributed by atoms with Gasteiger partial charge in [-0.05, 0) is 25.8 Å². The van der Waals surface area contributed by atoms with Crippen molar-refractivity contribution in [2.45, 2.75) is 39.4 Å². The van der Waals surface area contributed by atoms with Gasteiger partial charge in [0, 0.05) is 12.5 Å². The summed E-state index contributed by atoms with van der Waals surface area (Å²) in [6.45, 7) is 6.27. The summed E-state index contributed by atoms with van der Waals surface area (Å²) in [6.07, 6.45) is -0.535. The molecular weight excluding hydrogens is 282 g/mol. The van der Waals surface area contributed by atoms with Crippen molar-refractivity contribution >= 4 is 11.9 Å². The van der Waals surface area contributed by atoms with Crippen LogP contribution in [0.2, 0.25) is 0 Å². The maximum Gasteiger partial charge on any atom is 0.334 e. The first-order valence-corrected chi connectivity index (χ1v) is 7.59. The smallest absolute Gasteiger partial charge is 0.334 e. The Bertz CT molecular complexity index is 540. The van der Waals surface area contributed by atoms with Gasteiger partial charge in [0.05, 0.1) is 12.6 Å². The van der Waals surface area contributed by atoms with E-state index in [-0.39, 0.29) is 24.5 Å². The molecule has 1 fully saturated rings. The Kier molecular flexibility index (Phi) is 5.19. The second-order valence-electron chi connectivity index (χ2n) is 6.11. The molecule has 1 N–H and O–H groups in total. The van der Waals surface area contributed by atoms with Crippen LogP contribution >= 0.6 is 0 Å². The van der Waals surface area contributed by atoms with Crippen LogP contribution in [0.15, 0.2) is 24.3 Å². The molecule has 1 aliphatic heterocycles. The molecule has 0 spiro atoms. The molecule has 3 atom stereocenters. The summed E-state index contributed by atoms with van der Waals surface area (Å²) in [5.41, 5.74) is 2.30. The summed E-state index contributed by atoms with van der Waals surface area (Å²) in [5.74, 6) is -1.21. The van der Waals surface area contributed by atoms with Gasteiger partial charge in [-0.15, -0.1) is 0 Å². The highest BCUT2D eigenvalue weighted by Gasteiger charge is 2.34. The first-order valence-electron chi connectivity index (χ1n) is 7.59. The minimum atomic E-state index is -1.02. The first kappa shape index (κ1) is 16.5. The van der Waals surface area contributed by atoms with Crippen LogP contribution < -0.4 is 0 Å². The molecule has 2 rings (SSSR count). The lowest BCUT2D eigenvalue weighted by Crippen LogP contribution is -2.53. The van der Waals surface area contributed by atoms with Gasteiger partial charge in [-0.3, -0.25) is 4.79 Å². The molecule has 5 nitrogen and oxygen atoms in total. The van der Waals surface area contributed by atoms with Gasteiger partial charge in [-0.2, -0.15) is 0 Å². The number of ether oxygens (including phenoxy) is 1. The fourth-order valence-corrected chi connectivity index (χ4v) is 2.74. The fourth-order valence-electron chi connectivity index (χ4n) is 2.74. The second kappa shape index (κ2) is 6.92. The normalized spacial score (nSPS) is 23.1. The van der Waals surface area contributed by atoms with Crippen molar-refractivity contribution < 1.29 is 19.4 Å². The van der Waals surface area contributed by atoms with Crippen LogP contribution in [0.5, 0.6) is 0 Å². The highest BCUT2D eigenvalue weighted by molar-refractivity contribution is 5.80. The highest BCUT2D eigenvalue weighted by atomic mass is 16.5. The van der Waals surface area contributed by atoms with Crippen LogP contribution in [0.25, 0.3) is 0 Å². The van der Waals surface area contributed by atoms with E-state index in [4.69, 9.17) is 9.84 Å². The summed E-state index contributed by atoms with van der Waals surface area (Å²) in [5, 5.41) is 9.09. The monoisotopic (exact) mass is 305 g/mol. The van der Waals surface area contributed by atoms with Crippen molar-refractivity contribution in [2.75, 3.05) is 13.1 Å². The topological polar surface area (TPSA) is 66.8 Å². The molecule has 0 aromatic heterocycles. The second-order valence-corrected chi connectivity index (χ2v) is 6.11. The number of benzene rings is 1. The number of carbonyl (C=O) groups is 2. The number of nitrogens with zero attached hydrogens (tertiary/aromatic N) is 1. The van der Waals surface area contributed by atoms with Crippen LogP contribution in [-0.2, 0) is 20.7 Å². The molecule has 1 aliphatic rings. The Morgan fingerprint density at radius 1 is 1.32 bits per heavy atom. The van der Waals surface area contributed by atoms with Gasteiger partial charge in [0.15, 0.2) is 6.10 Å². The number of amides is 1. The number of morpholine rings is 1. The zero-order valence-electron chi connectivity index (χ0n) is 13.3. The lowest BCUT2D eigenvalue weighted by atomic mass is 9.98. The van der Waals surface area contributed by atoms with Gasteiger partial charge in [-0.1, -0.05) is 36.8 Å². The van der Waals surface area contributed by atoms with E-state index in [2.05, 4.69) is 0 Å². The molecule has 0 bridgehead atoms. The third-order valence-electron chi connectivity index (χ3n) is 3.93. The maximum absolute atomic E-state index is 12.6. The van der Waals surface area contributed by atoms with E-state index in [1.165, 1.54) is 5.56 Å². The minimum Gasteiger partial charge on any atom is -0.479 e. The number of aliphatic carboxylic acids is 1. The third-order valence-corrected chi connectivity index (χ3v) is 3.93. The Morgan fingerprint density at radius 2 is 1.95 bits per heavy atom. The molecule has 1 saturated heterocycles. The number of aryl methyl sites for hydroxylation is 1. The van der Waals surface area contributed by atoms with Crippen LogP contribution in [-0.4, -0.2) is 47.2 Å². The molecule has 0 radical (unpaired) electrons. The Balaban J connectivity index is 2.00. The zero-order chi connectivity index (χ0) is 16.3. The standard InChI is InChI=1S/C17H23NO4/c1-11-4-6-14(7-5-11)8-12(2)16(19)18-9-13(3)22-15(10-18)17(20)21/h4-7,12-13,15H,8-10H2,1-3H3,(H,20,21)/t12?,13-,15?/m1/s1. The molecule has 120 valence electrons. The van der Waals surface area contributed by atoms with E-state index in [1.807, 2.05) is 38.1 Å². The molecule has 1 amide bonds. The van der Waals surface area contributed by atoms with E-state index in [0.29, 0.717) is 13.0 Å². The van der Waals surface area contributed by atoms with Crippen LogP contribution in [0.3, 0.4) is 0 Å². The van der Waals surface area contributed by atoms with Gasteiger partial charge in [0.1, 0.15) is 0 Å². The quantitative estimate of drug-likeness (QED) is 0.922.